The van der Waals surface area contributed by atoms with Crippen LogP contribution in [0.25, 0.3) is 0 Å². The first kappa shape index (κ1) is 14.7. The summed E-state index contributed by atoms with van der Waals surface area (Å²) in [6.07, 6.45) is 1.72. The van der Waals surface area contributed by atoms with E-state index >= 15 is 0 Å². The van der Waals surface area contributed by atoms with Gasteiger partial charge in [0.25, 0.3) is 0 Å². The van der Waals surface area contributed by atoms with E-state index in [4.69, 9.17) is 4.74 Å². The summed E-state index contributed by atoms with van der Waals surface area (Å²) in [7, 11) is 1.07. The summed E-state index contributed by atoms with van der Waals surface area (Å²) in [5.41, 5.74) is 0. The van der Waals surface area contributed by atoms with Crippen LogP contribution in [0.1, 0.15) is 12.8 Å². The number of morpholine rings is 1. The number of sulfonamides is 1. The third-order valence-electron chi connectivity index (χ3n) is 4.52. The highest BCUT2D eigenvalue weighted by Crippen LogP contribution is 2.34. The average molecular weight is 303 g/mol. The Labute approximate surface area is 121 Å². The highest BCUT2D eigenvalue weighted by atomic mass is 32.2. The molecule has 0 unspecified atom stereocenters. The average Bonchev–Trinajstić information content (AvgIpc) is 3.15. The van der Waals surface area contributed by atoms with Crippen molar-refractivity contribution in [1.29, 1.82) is 0 Å². The fraction of sp³-hybridized carbons (Fsp3) is 1.00. The van der Waals surface area contributed by atoms with Crippen molar-refractivity contribution >= 4 is 10.0 Å². The zero-order valence-electron chi connectivity index (χ0n) is 12.4. The standard InChI is InChI=1S/C13H25N3O3S/c1-14(2)5-6-15-7-8-19-13-10-16(9-12(13)15)20(17,18)11-3-4-11/h11-13H,3-10H2,1-2H3/t12-,13+/m1/s1. The molecule has 2 atom stereocenters. The Morgan fingerprint density at radius 3 is 2.65 bits per heavy atom. The maximum atomic E-state index is 12.4. The van der Waals surface area contributed by atoms with Crippen molar-refractivity contribution in [3.05, 3.63) is 0 Å². The molecule has 116 valence electrons. The Balaban J connectivity index is 1.65. The summed E-state index contributed by atoms with van der Waals surface area (Å²) in [6, 6.07) is 0.234. The van der Waals surface area contributed by atoms with Gasteiger partial charge in [-0.3, -0.25) is 4.90 Å². The molecular weight excluding hydrogens is 278 g/mol. The first-order valence-electron chi connectivity index (χ1n) is 7.48. The van der Waals surface area contributed by atoms with Gasteiger partial charge in [-0.25, -0.2) is 8.42 Å². The number of rotatable bonds is 5. The second-order valence-corrected chi connectivity index (χ2v) is 8.59. The minimum atomic E-state index is -3.06. The molecule has 3 rings (SSSR count). The summed E-state index contributed by atoms with van der Waals surface area (Å²) in [5.74, 6) is 0. The van der Waals surface area contributed by atoms with Gasteiger partial charge in [0.05, 0.1) is 24.0 Å². The second kappa shape index (κ2) is 5.53. The van der Waals surface area contributed by atoms with E-state index in [0.29, 0.717) is 19.7 Å². The molecule has 2 heterocycles. The van der Waals surface area contributed by atoms with Gasteiger partial charge in [0.2, 0.25) is 10.0 Å². The lowest BCUT2D eigenvalue weighted by atomic mass is 10.1. The highest BCUT2D eigenvalue weighted by Gasteiger charge is 2.48. The van der Waals surface area contributed by atoms with Crippen molar-refractivity contribution in [2.24, 2.45) is 0 Å². The third-order valence-corrected chi connectivity index (χ3v) is 6.85. The van der Waals surface area contributed by atoms with Crippen LogP contribution in [0.5, 0.6) is 0 Å². The van der Waals surface area contributed by atoms with Crippen LogP contribution in [0.2, 0.25) is 0 Å². The van der Waals surface area contributed by atoms with Crippen LogP contribution in [0.15, 0.2) is 0 Å². The zero-order valence-corrected chi connectivity index (χ0v) is 13.2. The maximum absolute atomic E-state index is 12.4. The summed E-state index contributed by atoms with van der Waals surface area (Å²) in [4.78, 5) is 4.56. The molecule has 0 spiro atoms. The van der Waals surface area contributed by atoms with Gasteiger partial charge < -0.3 is 9.64 Å². The van der Waals surface area contributed by atoms with Gasteiger partial charge in [-0.2, -0.15) is 4.31 Å². The Bertz CT molecular complexity index is 450. The molecule has 0 aromatic rings. The Kier molecular flexibility index (Phi) is 4.07. The van der Waals surface area contributed by atoms with E-state index in [-0.39, 0.29) is 17.4 Å². The maximum Gasteiger partial charge on any atom is 0.217 e. The minimum absolute atomic E-state index is 0.0550. The molecule has 20 heavy (non-hydrogen) atoms. The van der Waals surface area contributed by atoms with E-state index in [1.807, 2.05) is 0 Å². The predicted octanol–water partition coefficient (Wildman–Crippen LogP) is -0.575. The Morgan fingerprint density at radius 1 is 1.25 bits per heavy atom. The van der Waals surface area contributed by atoms with Gasteiger partial charge in [-0.1, -0.05) is 0 Å². The summed E-state index contributed by atoms with van der Waals surface area (Å²) in [6.45, 7) is 4.75. The quantitative estimate of drug-likeness (QED) is 0.680. The first-order chi connectivity index (χ1) is 9.48. The molecule has 0 aromatic carbocycles. The van der Waals surface area contributed by atoms with Gasteiger partial charge in [-0.15, -0.1) is 0 Å². The zero-order chi connectivity index (χ0) is 14.3. The monoisotopic (exact) mass is 303 g/mol. The number of hydrogen-bond donors (Lipinski definition) is 0. The van der Waals surface area contributed by atoms with Crippen molar-refractivity contribution < 1.29 is 13.2 Å². The lowest BCUT2D eigenvalue weighted by Gasteiger charge is -2.37. The van der Waals surface area contributed by atoms with E-state index in [9.17, 15) is 8.42 Å². The molecule has 6 nitrogen and oxygen atoms in total. The number of ether oxygens (including phenoxy) is 1. The Morgan fingerprint density at radius 2 is 2.00 bits per heavy atom. The number of fused-ring (bicyclic) bond motifs is 1. The molecular formula is C13H25N3O3S. The van der Waals surface area contributed by atoms with E-state index in [1.165, 1.54) is 0 Å². The third kappa shape index (κ3) is 2.87. The number of nitrogens with zero attached hydrogens (tertiary/aromatic N) is 3. The topological polar surface area (TPSA) is 53.1 Å². The molecule has 7 heteroatoms. The molecule has 1 aliphatic carbocycles. The largest absolute Gasteiger partial charge is 0.374 e. The van der Waals surface area contributed by atoms with Crippen LogP contribution in [-0.2, 0) is 14.8 Å². The lowest BCUT2D eigenvalue weighted by Crippen LogP contribution is -2.52. The number of hydrogen-bond acceptors (Lipinski definition) is 5. The van der Waals surface area contributed by atoms with Crippen LogP contribution in [0.4, 0.5) is 0 Å². The Hall–Kier alpha value is -0.210. The molecule has 3 fully saturated rings. The normalized spacial score (nSPS) is 32.8. The molecule has 2 saturated heterocycles. The summed E-state index contributed by atoms with van der Waals surface area (Å²) in [5, 5.41) is -0.113. The predicted molar refractivity (Wildman–Crippen MR) is 77.2 cm³/mol. The SMILES string of the molecule is CN(C)CCN1CCO[C@H]2CN(S(=O)(=O)C3CC3)C[C@H]21. The molecule has 0 aromatic heterocycles. The van der Waals surface area contributed by atoms with Crippen molar-refractivity contribution in [3.8, 4) is 0 Å². The van der Waals surface area contributed by atoms with Crippen LogP contribution in [0, 0.1) is 0 Å². The highest BCUT2D eigenvalue weighted by molar-refractivity contribution is 7.90. The summed E-state index contributed by atoms with van der Waals surface area (Å²) >= 11 is 0. The second-order valence-electron chi connectivity index (χ2n) is 6.38. The van der Waals surface area contributed by atoms with Gasteiger partial charge in [0.15, 0.2) is 0 Å². The van der Waals surface area contributed by atoms with Crippen LogP contribution in [0.3, 0.4) is 0 Å². The number of likely N-dealkylation sites (N-methyl/N-ethyl adjacent to an activating group) is 1. The van der Waals surface area contributed by atoms with Crippen LogP contribution in [-0.4, -0.2) is 93.3 Å². The van der Waals surface area contributed by atoms with Crippen molar-refractivity contribution in [3.63, 3.8) is 0 Å². The first-order valence-corrected chi connectivity index (χ1v) is 8.98. The van der Waals surface area contributed by atoms with Crippen molar-refractivity contribution in [2.45, 2.75) is 30.2 Å². The lowest BCUT2D eigenvalue weighted by molar-refractivity contribution is -0.0481. The van der Waals surface area contributed by atoms with E-state index in [0.717, 1.165) is 32.5 Å². The van der Waals surface area contributed by atoms with Crippen LogP contribution < -0.4 is 0 Å². The minimum Gasteiger partial charge on any atom is -0.374 e. The van der Waals surface area contributed by atoms with Gasteiger partial charge >= 0.3 is 0 Å². The molecule has 3 aliphatic rings. The molecule has 0 amide bonds. The van der Waals surface area contributed by atoms with Gasteiger partial charge in [0, 0.05) is 32.7 Å². The van der Waals surface area contributed by atoms with Crippen molar-refractivity contribution in [2.75, 3.05) is 53.4 Å². The fourth-order valence-electron chi connectivity index (χ4n) is 3.12. The van der Waals surface area contributed by atoms with Gasteiger partial charge in [-0.05, 0) is 26.9 Å². The van der Waals surface area contributed by atoms with Gasteiger partial charge in [0.1, 0.15) is 0 Å². The van der Waals surface area contributed by atoms with E-state index in [2.05, 4.69) is 23.9 Å². The van der Waals surface area contributed by atoms with Crippen molar-refractivity contribution in [1.82, 2.24) is 14.1 Å². The summed E-state index contributed by atoms with van der Waals surface area (Å²) < 4.78 is 32.2. The molecule has 0 N–H and O–H groups in total. The molecule has 0 radical (unpaired) electrons. The molecule has 2 aliphatic heterocycles. The van der Waals surface area contributed by atoms with Crippen LogP contribution >= 0.6 is 0 Å². The molecule has 1 saturated carbocycles. The van der Waals surface area contributed by atoms with E-state index in [1.54, 1.807) is 4.31 Å². The van der Waals surface area contributed by atoms with E-state index < -0.39 is 10.0 Å². The fourth-order valence-corrected chi connectivity index (χ4v) is 4.98. The molecule has 0 bridgehead atoms. The smallest absolute Gasteiger partial charge is 0.217 e.